The molecule has 0 saturated heterocycles. The number of aromatic nitrogens is 2. The summed E-state index contributed by atoms with van der Waals surface area (Å²) in [6.07, 6.45) is 0. The lowest BCUT2D eigenvalue weighted by Gasteiger charge is -2.13. The minimum atomic E-state index is 0.865. The monoisotopic (exact) mass is 574 g/mol. The van der Waals surface area contributed by atoms with Crippen LogP contribution in [0.3, 0.4) is 0 Å². The van der Waals surface area contributed by atoms with Crippen LogP contribution in [0.25, 0.3) is 88.5 Å². The Morgan fingerprint density at radius 3 is 1.78 bits per heavy atom. The van der Waals surface area contributed by atoms with Gasteiger partial charge < -0.3 is 4.42 Å². The molecule has 0 radical (unpaired) electrons. The molecule has 2 aromatic heterocycles. The average Bonchev–Trinajstić information content (AvgIpc) is 3.51. The fraction of sp³-hybridized carbons (Fsp3) is 0. The van der Waals surface area contributed by atoms with E-state index in [1.807, 2.05) is 24.3 Å². The first-order valence-electron chi connectivity index (χ1n) is 15.2. The summed E-state index contributed by atoms with van der Waals surface area (Å²) < 4.78 is 6.16. The molecule has 0 aliphatic heterocycles. The standard InChI is InChI=1S/C42H26N2O/c1-2-9-27(10-3-1)28-17-21-32(22-18-28)41-40(43-36-26-25-29-11-4-5-12-34(29)42(36)44-41)31-23-19-30(20-24-31)33-14-8-16-38-39(33)35-13-6-7-15-37(35)45-38/h1-26H. The summed E-state index contributed by atoms with van der Waals surface area (Å²) in [6.45, 7) is 0. The predicted octanol–water partition coefficient (Wildman–Crippen LogP) is 11.4. The molecular formula is C42H26N2O. The molecule has 0 saturated carbocycles. The van der Waals surface area contributed by atoms with Crippen molar-refractivity contribution >= 4 is 43.7 Å². The summed E-state index contributed by atoms with van der Waals surface area (Å²) in [4.78, 5) is 10.6. The number of furan rings is 1. The maximum Gasteiger partial charge on any atom is 0.136 e. The highest BCUT2D eigenvalue weighted by molar-refractivity contribution is 6.12. The molecule has 0 aliphatic carbocycles. The number of para-hydroxylation sites is 1. The van der Waals surface area contributed by atoms with Crippen LogP contribution in [0.5, 0.6) is 0 Å². The Morgan fingerprint density at radius 2 is 0.978 bits per heavy atom. The van der Waals surface area contributed by atoms with Crippen LogP contribution in [0.2, 0.25) is 0 Å². The normalized spacial score (nSPS) is 11.6. The minimum Gasteiger partial charge on any atom is -0.456 e. The molecule has 3 heteroatoms. The van der Waals surface area contributed by atoms with E-state index in [9.17, 15) is 0 Å². The van der Waals surface area contributed by atoms with Crippen LogP contribution in [0.15, 0.2) is 162 Å². The number of nitrogens with zero attached hydrogens (tertiary/aromatic N) is 2. The second-order valence-corrected chi connectivity index (χ2v) is 11.4. The van der Waals surface area contributed by atoms with Gasteiger partial charge in [0.05, 0.1) is 22.4 Å². The van der Waals surface area contributed by atoms with Crippen LogP contribution < -0.4 is 0 Å². The van der Waals surface area contributed by atoms with E-state index in [1.54, 1.807) is 0 Å². The molecule has 9 aromatic rings. The molecule has 7 aromatic carbocycles. The van der Waals surface area contributed by atoms with Crippen LogP contribution >= 0.6 is 0 Å². The lowest BCUT2D eigenvalue weighted by atomic mass is 9.96. The van der Waals surface area contributed by atoms with Gasteiger partial charge in [0.1, 0.15) is 11.2 Å². The van der Waals surface area contributed by atoms with Gasteiger partial charge in [-0.05, 0) is 45.8 Å². The summed E-state index contributed by atoms with van der Waals surface area (Å²) >= 11 is 0. The Morgan fingerprint density at radius 1 is 0.378 bits per heavy atom. The van der Waals surface area contributed by atoms with E-state index in [4.69, 9.17) is 14.4 Å². The number of rotatable bonds is 4. The van der Waals surface area contributed by atoms with Crippen molar-refractivity contribution in [2.24, 2.45) is 0 Å². The molecule has 3 nitrogen and oxygen atoms in total. The van der Waals surface area contributed by atoms with E-state index in [0.29, 0.717) is 0 Å². The Bertz CT molecular complexity index is 2510. The second kappa shape index (κ2) is 10.3. The Labute approximate surface area is 260 Å². The van der Waals surface area contributed by atoms with Crippen molar-refractivity contribution in [1.29, 1.82) is 0 Å². The molecule has 0 N–H and O–H groups in total. The maximum absolute atomic E-state index is 6.16. The summed E-state index contributed by atoms with van der Waals surface area (Å²) in [5, 5.41) is 4.52. The van der Waals surface area contributed by atoms with Crippen molar-refractivity contribution < 1.29 is 4.42 Å². The summed E-state index contributed by atoms with van der Waals surface area (Å²) in [7, 11) is 0. The first kappa shape index (κ1) is 25.4. The third-order valence-corrected chi connectivity index (χ3v) is 8.70. The van der Waals surface area contributed by atoms with Crippen molar-refractivity contribution in [3.63, 3.8) is 0 Å². The van der Waals surface area contributed by atoms with E-state index in [1.165, 1.54) is 11.1 Å². The fourth-order valence-electron chi connectivity index (χ4n) is 6.47. The van der Waals surface area contributed by atoms with Gasteiger partial charge in [0.2, 0.25) is 0 Å². The van der Waals surface area contributed by atoms with Gasteiger partial charge in [0.15, 0.2) is 0 Å². The third-order valence-electron chi connectivity index (χ3n) is 8.70. The highest BCUT2D eigenvalue weighted by atomic mass is 16.3. The molecule has 210 valence electrons. The largest absolute Gasteiger partial charge is 0.456 e. The van der Waals surface area contributed by atoms with E-state index in [-0.39, 0.29) is 0 Å². The quantitative estimate of drug-likeness (QED) is 0.196. The van der Waals surface area contributed by atoms with E-state index in [2.05, 4.69) is 133 Å². The SMILES string of the molecule is c1ccc(-c2ccc(-c3nc4c(ccc5ccccc54)nc3-c3ccc(-c4cccc5oc6ccccc6c45)cc3)cc2)cc1. The Balaban J connectivity index is 1.21. The smallest absolute Gasteiger partial charge is 0.136 e. The molecule has 0 spiro atoms. The fourth-order valence-corrected chi connectivity index (χ4v) is 6.47. The molecular weight excluding hydrogens is 548 g/mol. The highest BCUT2D eigenvalue weighted by Crippen LogP contribution is 2.39. The lowest BCUT2D eigenvalue weighted by Crippen LogP contribution is -1.96. The number of fused-ring (bicyclic) bond motifs is 6. The average molecular weight is 575 g/mol. The van der Waals surface area contributed by atoms with Crippen LogP contribution in [0, 0.1) is 0 Å². The molecule has 2 heterocycles. The van der Waals surface area contributed by atoms with Crippen LogP contribution in [-0.2, 0) is 0 Å². The van der Waals surface area contributed by atoms with Gasteiger partial charge in [0, 0.05) is 27.3 Å². The van der Waals surface area contributed by atoms with Gasteiger partial charge in [-0.1, -0.05) is 140 Å². The highest BCUT2D eigenvalue weighted by Gasteiger charge is 2.17. The molecule has 0 amide bonds. The van der Waals surface area contributed by atoms with Gasteiger partial charge >= 0.3 is 0 Å². The van der Waals surface area contributed by atoms with Crippen molar-refractivity contribution in [1.82, 2.24) is 9.97 Å². The Kier molecular flexibility index (Phi) is 5.82. The first-order valence-corrected chi connectivity index (χ1v) is 15.2. The molecule has 0 bridgehead atoms. The van der Waals surface area contributed by atoms with Crippen molar-refractivity contribution in [2.75, 3.05) is 0 Å². The topological polar surface area (TPSA) is 38.9 Å². The van der Waals surface area contributed by atoms with Gasteiger partial charge in [-0.15, -0.1) is 0 Å². The van der Waals surface area contributed by atoms with Gasteiger partial charge in [-0.3, -0.25) is 0 Å². The third kappa shape index (κ3) is 4.29. The number of benzene rings is 7. The molecule has 45 heavy (non-hydrogen) atoms. The van der Waals surface area contributed by atoms with Crippen molar-refractivity contribution in [2.45, 2.75) is 0 Å². The van der Waals surface area contributed by atoms with E-state index < -0.39 is 0 Å². The number of hydrogen-bond donors (Lipinski definition) is 0. The zero-order valence-corrected chi connectivity index (χ0v) is 24.3. The maximum atomic E-state index is 6.16. The summed E-state index contributed by atoms with van der Waals surface area (Å²) in [5.74, 6) is 0. The zero-order chi connectivity index (χ0) is 29.7. The van der Waals surface area contributed by atoms with Crippen molar-refractivity contribution in [3.05, 3.63) is 158 Å². The van der Waals surface area contributed by atoms with Gasteiger partial charge in [-0.25, -0.2) is 9.97 Å². The lowest BCUT2D eigenvalue weighted by molar-refractivity contribution is 0.669. The molecule has 0 unspecified atom stereocenters. The Hall–Kier alpha value is -6.06. The number of hydrogen-bond acceptors (Lipinski definition) is 3. The van der Waals surface area contributed by atoms with Gasteiger partial charge in [-0.2, -0.15) is 0 Å². The van der Waals surface area contributed by atoms with Crippen LogP contribution in [0.4, 0.5) is 0 Å². The zero-order valence-electron chi connectivity index (χ0n) is 24.3. The minimum absolute atomic E-state index is 0.865. The molecule has 0 fully saturated rings. The first-order chi connectivity index (χ1) is 22.3. The molecule has 0 aliphatic rings. The predicted molar refractivity (Wildman–Crippen MR) is 186 cm³/mol. The summed E-state index contributed by atoms with van der Waals surface area (Å²) in [5.41, 5.74) is 12.0. The molecule has 9 rings (SSSR count). The van der Waals surface area contributed by atoms with E-state index in [0.717, 1.165) is 77.4 Å². The van der Waals surface area contributed by atoms with Crippen LogP contribution in [0.1, 0.15) is 0 Å². The van der Waals surface area contributed by atoms with E-state index >= 15 is 0 Å². The van der Waals surface area contributed by atoms with Crippen LogP contribution in [-0.4, -0.2) is 9.97 Å². The summed E-state index contributed by atoms with van der Waals surface area (Å²) in [6, 6.07) is 54.9. The van der Waals surface area contributed by atoms with Gasteiger partial charge in [0.25, 0.3) is 0 Å². The van der Waals surface area contributed by atoms with Crippen molar-refractivity contribution in [3.8, 4) is 44.8 Å². The molecule has 0 atom stereocenters. The second-order valence-electron chi connectivity index (χ2n) is 11.4.